The van der Waals surface area contributed by atoms with Gasteiger partial charge in [0.25, 0.3) is 5.91 Å². The number of aromatic nitrogens is 3. The molecule has 3 rings (SSSR count). The minimum Gasteiger partial charge on any atom is -0.344 e. The molecule has 5 nitrogen and oxygen atoms in total. The highest BCUT2D eigenvalue weighted by molar-refractivity contribution is 6.12. The fourth-order valence-electron chi connectivity index (χ4n) is 2.50. The van der Waals surface area contributed by atoms with Crippen molar-refractivity contribution in [3.8, 4) is 0 Å². The Hall–Kier alpha value is -2.56. The van der Waals surface area contributed by atoms with Crippen molar-refractivity contribution in [3.05, 3.63) is 48.4 Å². The van der Waals surface area contributed by atoms with Crippen LogP contribution >= 0.6 is 0 Å². The number of nitrogens with one attached hydrogen (secondary N) is 1. The SMILES string of the molecule is CC(C)n1cc(C(=O)Nc2cnn(C)c2)c2ccccc21. The van der Waals surface area contributed by atoms with Crippen molar-refractivity contribution in [2.45, 2.75) is 19.9 Å². The molecular weight excluding hydrogens is 264 g/mol. The summed E-state index contributed by atoms with van der Waals surface area (Å²) in [6, 6.07) is 8.26. The number of hydrogen-bond donors (Lipinski definition) is 1. The molecule has 0 aliphatic rings. The molecule has 108 valence electrons. The molecule has 0 atom stereocenters. The molecule has 0 bridgehead atoms. The minimum absolute atomic E-state index is 0.112. The van der Waals surface area contributed by atoms with Crippen molar-refractivity contribution in [2.75, 3.05) is 5.32 Å². The van der Waals surface area contributed by atoms with Gasteiger partial charge < -0.3 is 9.88 Å². The van der Waals surface area contributed by atoms with Crippen LogP contribution in [0.25, 0.3) is 10.9 Å². The second-order valence-electron chi connectivity index (χ2n) is 5.42. The third-order valence-electron chi connectivity index (χ3n) is 3.50. The number of rotatable bonds is 3. The molecular formula is C16H18N4O. The molecule has 0 aliphatic carbocycles. The molecule has 0 radical (unpaired) electrons. The van der Waals surface area contributed by atoms with Crippen LogP contribution in [0.4, 0.5) is 5.69 Å². The molecule has 21 heavy (non-hydrogen) atoms. The van der Waals surface area contributed by atoms with Gasteiger partial charge in [-0.15, -0.1) is 0 Å². The summed E-state index contributed by atoms with van der Waals surface area (Å²) in [5, 5.41) is 7.91. The molecule has 1 aromatic carbocycles. The summed E-state index contributed by atoms with van der Waals surface area (Å²) >= 11 is 0. The Labute approximate surface area is 123 Å². The second-order valence-corrected chi connectivity index (χ2v) is 5.42. The van der Waals surface area contributed by atoms with E-state index in [1.165, 1.54) is 0 Å². The Balaban J connectivity index is 2.01. The number of benzene rings is 1. The summed E-state index contributed by atoms with van der Waals surface area (Å²) in [6.45, 7) is 4.21. The monoisotopic (exact) mass is 282 g/mol. The number of hydrogen-bond acceptors (Lipinski definition) is 2. The van der Waals surface area contributed by atoms with Crippen molar-refractivity contribution in [1.29, 1.82) is 0 Å². The van der Waals surface area contributed by atoms with Gasteiger partial charge in [-0.3, -0.25) is 9.48 Å². The van der Waals surface area contributed by atoms with E-state index in [0.29, 0.717) is 17.3 Å². The standard InChI is InChI=1S/C16H18N4O/c1-11(2)20-10-14(13-6-4-5-7-15(13)20)16(21)18-12-8-17-19(3)9-12/h4-11H,1-3H3,(H,18,21). The Bertz CT molecular complexity index is 798. The van der Waals surface area contributed by atoms with Crippen molar-refractivity contribution in [1.82, 2.24) is 14.3 Å². The van der Waals surface area contributed by atoms with Crippen molar-refractivity contribution in [3.63, 3.8) is 0 Å². The van der Waals surface area contributed by atoms with Crippen LogP contribution in [0.5, 0.6) is 0 Å². The van der Waals surface area contributed by atoms with Crippen LogP contribution < -0.4 is 5.32 Å². The maximum Gasteiger partial charge on any atom is 0.257 e. The predicted octanol–water partition coefficient (Wildman–Crippen LogP) is 3.21. The summed E-state index contributed by atoms with van der Waals surface area (Å²) in [6.07, 6.45) is 5.33. The zero-order valence-electron chi connectivity index (χ0n) is 12.4. The molecule has 0 spiro atoms. The van der Waals surface area contributed by atoms with Crippen LogP contribution in [0.1, 0.15) is 30.2 Å². The summed E-state index contributed by atoms with van der Waals surface area (Å²) in [7, 11) is 1.82. The molecule has 0 unspecified atom stereocenters. The maximum absolute atomic E-state index is 12.5. The van der Waals surface area contributed by atoms with Crippen LogP contribution in [0.3, 0.4) is 0 Å². The highest BCUT2D eigenvalue weighted by Crippen LogP contribution is 2.25. The largest absolute Gasteiger partial charge is 0.344 e. The molecule has 0 aliphatic heterocycles. The number of nitrogens with zero attached hydrogens (tertiary/aromatic N) is 3. The van der Waals surface area contributed by atoms with Gasteiger partial charge in [-0.25, -0.2) is 0 Å². The number of anilines is 1. The van der Waals surface area contributed by atoms with Gasteiger partial charge >= 0.3 is 0 Å². The average molecular weight is 282 g/mol. The van der Waals surface area contributed by atoms with Gasteiger partial charge in [-0.05, 0) is 19.9 Å². The van der Waals surface area contributed by atoms with E-state index in [4.69, 9.17) is 0 Å². The van der Waals surface area contributed by atoms with Crippen molar-refractivity contribution in [2.24, 2.45) is 7.05 Å². The summed E-state index contributed by atoms with van der Waals surface area (Å²) in [5.41, 5.74) is 2.45. The van der Waals surface area contributed by atoms with E-state index in [1.807, 2.05) is 37.5 Å². The van der Waals surface area contributed by atoms with E-state index in [9.17, 15) is 4.79 Å². The van der Waals surface area contributed by atoms with Gasteiger partial charge in [-0.2, -0.15) is 5.10 Å². The van der Waals surface area contributed by atoms with Crippen LogP contribution in [0, 0.1) is 0 Å². The first kappa shape index (κ1) is 13.4. The maximum atomic E-state index is 12.5. The van der Waals surface area contributed by atoms with E-state index >= 15 is 0 Å². The first-order valence-corrected chi connectivity index (χ1v) is 6.96. The molecule has 5 heteroatoms. The van der Waals surface area contributed by atoms with E-state index in [2.05, 4.69) is 28.8 Å². The number of amides is 1. The zero-order valence-corrected chi connectivity index (χ0v) is 12.4. The minimum atomic E-state index is -0.112. The lowest BCUT2D eigenvalue weighted by molar-refractivity contribution is 0.102. The van der Waals surface area contributed by atoms with Gasteiger partial charge in [0.05, 0.1) is 17.4 Å². The smallest absolute Gasteiger partial charge is 0.257 e. The molecule has 1 amide bonds. The van der Waals surface area contributed by atoms with E-state index in [1.54, 1.807) is 17.1 Å². The summed E-state index contributed by atoms with van der Waals surface area (Å²) in [5.74, 6) is -0.112. The Kier molecular flexibility index (Phi) is 3.25. The summed E-state index contributed by atoms with van der Waals surface area (Å²) in [4.78, 5) is 12.5. The van der Waals surface area contributed by atoms with Gasteiger partial charge in [0.2, 0.25) is 0 Å². The third-order valence-corrected chi connectivity index (χ3v) is 3.50. The van der Waals surface area contributed by atoms with Crippen LogP contribution in [0.15, 0.2) is 42.9 Å². The van der Waals surface area contributed by atoms with Crippen molar-refractivity contribution < 1.29 is 4.79 Å². The van der Waals surface area contributed by atoms with Crippen molar-refractivity contribution >= 4 is 22.5 Å². The summed E-state index contributed by atoms with van der Waals surface area (Å²) < 4.78 is 3.78. The topological polar surface area (TPSA) is 51.9 Å². The average Bonchev–Trinajstić information content (AvgIpc) is 3.02. The van der Waals surface area contributed by atoms with Gasteiger partial charge in [0.1, 0.15) is 0 Å². The molecule has 3 aromatic rings. The molecule has 1 N–H and O–H groups in total. The quantitative estimate of drug-likeness (QED) is 0.802. The fourth-order valence-corrected chi connectivity index (χ4v) is 2.50. The number of carbonyl (C=O) groups is 1. The molecule has 0 fully saturated rings. The van der Waals surface area contributed by atoms with Crippen LogP contribution in [0.2, 0.25) is 0 Å². The molecule has 2 heterocycles. The molecule has 2 aromatic heterocycles. The number of fused-ring (bicyclic) bond motifs is 1. The number of carbonyl (C=O) groups excluding carboxylic acids is 1. The third kappa shape index (κ3) is 2.42. The number of aryl methyl sites for hydroxylation is 1. The van der Waals surface area contributed by atoms with Gasteiger partial charge in [0.15, 0.2) is 0 Å². The van der Waals surface area contributed by atoms with E-state index in [-0.39, 0.29) is 5.91 Å². The first-order valence-electron chi connectivity index (χ1n) is 6.96. The first-order chi connectivity index (χ1) is 10.1. The highest BCUT2D eigenvalue weighted by Gasteiger charge is 2.16. The van der Waals surface area contributed by atoms with E-state index < -0.39 is 0 Å². The van der Waals surface area contributed by atoms with Crippen LogP contribution in [-0.2, 0) is 7.05 Å². The lowest BCUT2D eigenvalue weighted by Gasteiger charge is -2.08. The predicted molar refractivity (Wildman–Crippen MR) is 83.5 cm³/mol. The Morgan fingerprint density at radius 3 is 2.67 bits per heavy atom. The number of para-hydroxylation sites is 1. The Morgan fingerprint density at radius 2 is 2.00 bits per heavy atom. The molecule has 0 saturated heterocycles. The second kappa shape index (κ2) is 5.09. The molecule has 0 saturated carbocycles. The normalized spacial score (nSPS) is 11.2. The van der Waals surface area contributed by atoms with E-state index in [0.717, 1.165) is 10.9 Å². The lowest BCUT2D eigenvalue weighted by Crippen LogP contribution is -2.11. The lowest BCUT2D eigenvalue weighted by atomic mass is 10.1. The van der Waals surface area contributed by atoms with Gasteiger partial charge in [-0.1, -0.05) is 18.2 Å². The fraction of sp³-hybridized carbons (Fsp3) is 0.250. The zero-order chi connectivity index (χ0) is 15.0. The Morgan fingerprint density at radius 1 is 1.24 bits per heavy atom. The highest BCUT2D eigenvalue weighted by atomic mass is 16.1. The van der Waals surface area contributed by atoms with Gasteiger partial charge in [0, 0.05) is 36.4 Å². The van der Waals surface area contributed by atoms with Crippen LogP contribution in [-0.4, -0.2) is 20.3 Å².